The highest BCUT2D eigenvalue weighted by molar-refractivity contribution is 5.97. The quantitative estimate of drug-likeness (QED) is 0.795. The van der Waals surface area contributed by atoms with E-state index in [4.69, 9.17) is 0 Å². The van der Waals surface area contributed by atoms with Crippen molar-refractivity contribution in [2.75, 3.05) is 13.1 Å². The van der Waals surface area contributed by atoms with Gasteiger partial charge < -0.3 is 14.6 Å². The first kappa shape index (κ1) is 19.6. The standard InChI is InChI=1S/C20H29N3O4/c1-12(2)7-15-5-6-21(8-13(3)4)16-10-22-9-14(11-24)18(25)19(26)17(22)20(27)23(15)16/h9,11-13,15-16,26H,5-8,10H2,1-4H3. The van der Waals surface area contributed by atoms with E-state index in [0.29, 0.717) is 24.7 Å². The lowest BCUT2D eigenvalue weighted by atomic mass is 9.94. The Labute approximate surface area is 159 Å². The molecule has 148 valence electrons. The number of fused-ring (bicyclic) bond motifs is 2. The summed E-state index contributed by atoms with van der Waals surface area (Å²) >= 11 is 0. The van der Waals surface area contributed by atoms with E-state index >= 15 is 0 Å². The molecule has 0 bridgehead atoms. The molecule has 2 unspecified atom stereocenters. The molecule has 0 aliphatic carbocycles. The second-order valence-electron chi connectivity index (χ2n) is 8.53. The van der Waals surface area contributed by atoms with Crippen LogP contribution in [0.15, 0.2) is 11.0 Å². The van der Waals surface area contributed by atoms with Crippen molar-refractivity contribution in [2.45, 2.75) is 59.3 Å². The van der Waals surface area contributed by atoms with Gasteiger partial charge in [-0.05, 0) is 24.7 Å². The maximum absolute atomic E-state index is 13.3. The highest BCUT2D eigenvalue weighted by Crippen LogP contribution is 2.33. The molecule has 2 aliphatic heterocycles. The summed E-state index contributed by atoms with van der Waals surface area (Å²) in [6.45, 7) is 10.8. The molecule has 0 spiro atoms. The predicted octanol–water partition coefficient (Wildman–Crippen LogP) is 1.92. The van der Waals surface area contributed by atoms with Crippen LogP contribution in [0, 0.1) is 11.8 Å². The Bertz CT molecular complexity index is 799. The highest BCUT2D eigenvalue weighted by Gasteiger charge is 2.44. The molecular formula is C20H29N3O4. The van der Waals surface area contributed by atoms with Gasteiger partial charge in [-0.15, -0.1) is 0 Å². The summed E-state index contributed by atoms with van der Waals surface area (Å²) in [6.07, 6.45) is 3.46. The number of hydrogen-bond acceptors (Lipinski definition) is 5. The molecular weight excluding hydrogens is 346 g/mol. The molecule has 0 radical (unpaired) electrons. The van der Waals surface area contributed by atoms with Crippen molar-refractivity contribution in [3.05, 3.63) is 27.7 Å². The monoisotopic (exact) mass is 375 g/mol. The second kappa shape index (κ2) is 7.46. The van der Waals surface area contributed by atoms with Crippen LogP contribution in [-0.2, 0) is 6.54 Å². The van der Waals surface area contributed by atoms with E-state index in [0.717, 1.165) is 25.9 Å². The summed E-state index contributed by atoms with van der Waals surface area (Å²) in [5, 5.41) is 10.3. The van der Waals surface area contributed by atoms with Gasteiger partial charge in [-0.3, -0.25) is 19.3 Å². The van der Waals surface area contributed by atoms with Crippen LogP contribution in [-0.4, -0.2) is 57.0 Å². The first-order valence-corrected chi connectivity index (χ1v) is 9.72. The van der Waals surface area contributed by atoms with E-state index in [1.54, 1.807) is 4.57 Å². The smallest absolute Gasteiger partial charge is 0.276 e. The van der Waals surface area contributed by atoms with Gasteiger partial charge in [0.15, 0.2) is 17.7 Å². The first-order valence-electron chi connectivity index (χ1n) is 9.72. The molecule has 7 nitrogen and oxygen atoms in total. The minimum absolute atomic E-state index is 0.00185. The summed E-state index contributed by atoms with van der Waals surface area (Å²) < 4.78 is 1.58. The molecule has 7 heteroatoms. The molecule has 3 heterocycles. The molecule has 1 fully saturated rings. The molecule has 2 atom stereocenters. The van der Waals surface area contributed by atoms with E-state index in [2.05, 4.69) is 32.6 Å². The Morgan fingerprint density at radius 2 is 1.93 bits per heavy atom. The van der Waals surface area contributed by atoms with Crippen LogP contribution in [0.2, 0.25) is 0 Å². The van der Waals surface area contributed by atoms with Crippen molar-refractivity contribution in [3.8, 4) is 5.75 Å². The summed E-state index contributed by atoms with van der Waals surface area (Å²) in [6, 6.07) is 0.0833. The average Bonchev–Trinajstić information content (AvgIpc) is 2.59. The van der Waals surface area contributed by atoms with Gasteiger partial charge in [0.2, 0.25) is 5.43 Å². The second-order valence-corrected chi connectivity index (χ2v) is 8.53. The molecule has 27 heavy (non-hydrogen) atoms. The maximum atomic E-state index is 13.3. The minimum atomic E-state index is -0.778. The summed E-state index contributed by atoms with van der Waals surface area (Å²) in [7, 11) is 0. The Balaban J connectivity index is 2.08. The maximum Gasteiger partial charge on any atom is 0.276 e. The van der Waals surface area contributed by atoms with Crippen molar-refractivity contribution >= 4 is 12.2 Å². The molecule has 1 amide bonds. The fraction of sp³-hybridized carbons (Fsp3) is 0.650. The Morgan fingerprint density at radius 1 is 1.22 bits per heavy atom. The molecule has 3 rings (SSSR count). The van der Waals surface area contributed by atoms with Crippen LogP contribution in [0.1, 0.15) is 61.4 Å². The molecule has 1 aromatic heterocycles. The van der Waals surface area contributed by atoms with Gasteiger partial charge in [-0.25, -0.2) is 0 Å². The molecule has 1 saturated heterocycles. The lowest BCUT2D eigenvalue weighted by Gasteiger charge is -2.52. The number of carbonyl (C=O) groups is 2. The van der Waals surface area contributed by atoms with E-state index in [-0.39, 0.29) is 29.4 Å². The predicted molar refractivity (Wildman–Crippen MR) is 102 cm³/mol. The lowest BCUT2D eigenvalue weighted by Crippen LogP contribution is -2.64. The number of aldehydes is 1. The third-order valence-electron chi connectivity index (χ3n) is 5.44. The number of hydrogen-bond donors (Lipinski definition) is 1. The third-order valence-corrected chi connectivity index (χ3v) is 5.44. The molecule has 0 aromatic carbocycles. The zero-order valence-corrected chi connectivity index (χ0v) is 16.5. The molecule has 1 aromatic rings. The topological polar surface area (TPSA) is 82.9 Å². The van der Waals surface area contributed by atoms with Crippen LogP contribution >= 0.6 is 0 Å². The van der Waals surface area contributed by atoms with E-state index < -0.39 is 11.2 Å². The summed E-state index contributed by atoms with van der Waals surface area (Å²) in [4.78, 5) is 40.9. The number of amides is 1. The van der Waals surface area contributed by atoms with Crippen molar-refractivity contribution < 1.29 is 14.7 Å². The fourth-order valence-corrected chi connectivity index (χ4v) is 4.41. The van der Waals surface area contributed by atoms with Gasteiger partial charge in [-0.1, -0.05) is 27.7 Å². The lowest BCUT2D eigenvalue weighted by molar-refractivity contribution is -0.0449. The van der Waals surface area contributed by atoms with Crippen molar-refractivity contribution in [1.82, 2.24) is 14.4 Å². The van der Waals surface area contributed by atoms with Crippen LogP contribution in [0.5, 0.6) is 5.75 Å². The average molecular weight is 375 g/mol. The van der Waals surface area contributed by atoms with Crippen LogP contribution in [0.25, 0.3) is 0 Å². The molecule has 1 N–H and O–H groups in total. The van der Waals surface area contributed by atoms with Gasteiger partial charge in [0, 0.05) is 25.3 Å². The summed E-state index contributed by atoms with van der Waals surface area (Å²) in [5.74, 6) is -0.0436. The highest BCUT2D eigenvalue weighted by atomic mass is 16.3. The SMILES string of the molecule is CC(C)CC1CCN(CC(C)C)C2Cn3cc(C=O)c(=O)c(O)c3C(=O)N12. The molecule has 2 aliphatic rings. The van der Waals surface area contributed by atoms with E-state index in [1.807, 2.05) is 4.90 Å². The van der Waals surface area contributed by atoms with Gasteiger partial charge in [0.1, 0.15) is 6.17 Å². The summed E-state index contributed by atoms with van der Waals surface area (Å²) in [5.41, 5.74) is -0.899. The van der Waals surface area contributed by atoms with Gasteiger partial charge in [0.25, 0.3) is 5.91 Å². The zero-order chi connectivity index (χ0) is 19.9. The number of aromatic hydroxyl groups is 1. The largest absolute Gasteiger partial charge is 0.503 e. The first-order chi connectivity index (χ1) is 12.7. The Hall–Kier alpha value is -2.15. The van der Waals surface area contributed by atoms with E-state index in [9.17, 15) is 19.5 Å². The zero-order valence-electron chi connectivity index (χ0n) is 16.5. The molecule has 0 saturated carbocycles. The van der Waals surface area contributed by atoms with Crippen LogP contribution in [0.4, 0.5) is 0 Å². The van der Waals surface area contributed by atoms with Gasteiger partial charge in [-0.2, -0.15) is 0 Å². The third kappa shape index (κ3) is 3.52. The van der Waals surface area contributed by atoms with Crippen LogP contribution < -0.4 is 5.43 Å². The van der Waals surface area contributed by atoms with Crippen molar-refractivity contribution in [1.29, 1.82) is 0 Å². The Kier molecular flexibility index (Phi) is 5.42. The number of pyridine rings is 1. The number of nitrogens with zero attached hydrogens (tertiary/aromatic N) is 3. The fourth-order valence-electron chi connectivity index (χ4n) is 4.41. The Morgan fingerprint density at radius 3 is 2.52 bits per heavy atom. The number of rotatable bonds is 5. The van der Waals surface area contributed by atoms with E-state index in [1.165, 1.54) is 6.20 Å². The van der Waals surface area contributed by atoms with Crippen molar-refractivity contribution in [2.24, 2.45) is 11.8 Å². The number of carbonyl (C=O) groups excluding carboxylic acids is 2. The minimum Gasteiger partial charge on any atom is -0.503 e. The van der Waals surface area contributed by atoms with Crippen molar-refractivity contribution in [3.63, 3.8) is 0 Å². The van der Waals surface area contributed by atoms with Gasteiger partial charge >= 0.3 is 0 Å². The normalized spacial score (nSPS) is 22.9. The van der Waals surface area contributed by atoms with Crippen LogP contribution in [0.3, 0.4) is 0 Å². The number of aromatic nitrogens is 1. The van der Waals surface area contributed by atoms with Gasteiger partial charge in [0.05, 0.1) is 12.1 Å².